The number of amides is 2. The molecule has 8 nitrogen and oxygen atoms in total. The molecule has 0 saturated carbocycles. The molecule has 164 valence electrons. The minimum atomic E-state index is -3.93. The molecule has 2 aliphatic heterocycles. The highest BCUT2D eigenvalue weighted by Crippen LogP contribution is 2.31. The van der Waals surface area contributed by atoms with Gasteiger partial charge in [-0.2, -0.15) is 0 Å². The van der Waals surface area contributed by atoms with Crippen molar-refractivity contribution in [1.29, 1.82) is 0 Å². The monoisotopic (exact) mass is 463 g/mol. The van der Waals surface area contributed by atoms with Crippen molar-refractivity contribution in [3.63, 3.8) is 0 Å². The van der Waals surface area contributed by atoms with Crippen molar-refractivity contribution in [2.24, 2.45) is 0 Å². The zero-order valence-corrected chi connectivity index (χ0v) is 19.0. The number of aromatic nitrogens is 1. The highest BCUT2D eigenvalue weighted by Gasteiger charge is 2.31. The van der Waals surface area contributed by atoms with Crippen LogP contribution in [0, 0.1) is 0 Å². The molecule has 0 spiro atoms. The van der Waals surface area contributed by atoms with Gasteiger partial charge in [0.15, 0.2) is 5.03 Å². The first-order valence-electron chi connectivity index (χ1n) is 9.78. The van der Waals surface area contributed by atoms with E-state index in [1.54, 1.807) is 28.0 Å². The van der Waals surface area contributed by atoms with E-state index in [1.807, 2.05) is 26.8 Å². The summed E-state index contributed by atoms with van der Waals surface area (Å²) < 4.78 is 28.5. The van der Waals surface area contributed by atoms with Gasteiger partial charge in [0.25, 0.3) is 15.0 Å². The number of carbonyl (C=O) groups excluding carboxylic acids is 2. The maximum absolute atomic E-state index is 13.1. The van der Waals surface area contributed by atoms with Gasteiger partial charge in [0.1, 0.15) is 5.60 Å². The summed E-state index contributed by atoms with van der Waals surface area (Å²) in [6.07, 6.45) is 0.0553. The third-order valence-corrected chi connectivity index (χ3v) is 6.31. The van der Waals surface area contributed by atoms with Gasteiger partial charge in [-0.25, -0.2) is 18.2 Å². The second-order valence-electron chi connectivity index (χ2n) is 8.58. The first-order chi connectivity index (χ1) is 14.4. The van der Waals surface area contributed by atoms with E-state index in [4.69, 9.17) is 15.4 Å². The van der Waals surface area contributed by atoms with E-state index in [1.165, 1.54) is 6.07 Å². The number of nitrogens with zero attached hydrogens (tertiary/aromatic N) is 3. The molecule has 10 heteroatoms. The average molecular weight is 464 g/mol. The zero-order chi connectivity index (χ0) is 22.6. The minimum Gasteiger partial charge on any atom is -0.444 e. The van der Waals surface area contributed by atoms with Gasteiger partial charge in [-0.05, 0) is 56.2 Å². The number of rotatable bonds is 2. The number of ether oxygens (including phenoxy) is 1. The molecule has 31 heavy (non-hydrogen) atoms. The Labute approximate surface area is 185 Å². The van der Waals surface area contributed by atoms with Crippen molar-refractivity contribution in [3.05, 3.63) is 52.7 Å². The first-order valence-corrected chi connectivity index (χ1v) is 12.1. The Balaban J connectivity index is 1.53. The van der Waals surface area contributed by atoms with Crippen molar-refractivity contribution in [2.75, 3.05) is 11.4 Å². The van der Waals surface area contributed by atoms with Crippen LogP contribution in [0.1, 0.15) is 48.0 Å². The molecule has 2 amide bonds. The van der Waals surface area contributed by atoms with Crippen LogP contribution in [0.15, 0.2) is 35.4 Å². The summed E-state index contributed by atoms with van der Waals surface area (Å²) in [5.41, 5.74) is 2.89. The highest BCUT2D eigenvalue weighted by atomic mass is 35.7. The topological polar surface area (TPSA) is 96.9 Å². The molecule has 0 unspecified atom stereocenters. The van der Waals surface area contributed by atoms with E-state index in [9.17, 15) is 18.0 Å². The van der Waals surface area contributed by atoms with Gasteiger partial charge in [-0.15, -0.1) is 0 Å². The predicted molar refractivity (Wildman–Crippen MR) is 115 cm³/mol. The SMILES string of the molecule is CC(C)(C)OC(=O)N1Cc2ccc(C(=O)N3CCc4nc(S(=O)(=O)Cl)ccc43)cc2C1. The molecule has 1 aromatic carbocycles. The smallest absolute Gasteiger partial charge is 0.410 e. The van der Waals surface area contributed by atoms with Gasteiger partial charge < -0.3 is 9.64 Å². The molecule has 3 heterocycles. The van der Waals surface area contributed by atoms with Crippen LogP contribution in [0.2, 0.25) is 0 Å². The van der Waals surface area contributed by atoms with Crippen molar-refractivity contribution in [1.82, 2.24) is 9.88 Å². The van der Waals surface area contributed by atoms with Crippen LogP contribution in [0.25, 0.3) is 0 Å². The van der Waals surface area contributed by atoms with Gasteiger partial charge in [-0.1, -0.05) is 6.07 Å². The summed E-state index contributed by atoms with van der Waals surface area (Å²) in [5.74, 6) is -0.208. The van der Waals surface area contributed by atoms with Crippen molar-refractivity contribution >= 4 is 37.4 Å². The lowest BCUT2D eigenvalue weighted by Gasteiger charge is -2.24. The molecule has 2 aliphatic rings. The Kier molecular flexibility index (Phi) is 5.21. The van der Waals surface area contributed by atoms with Gasteiger partial charge in [0, 0.05) is 42.3 Å². The molecule has 0 saturated heterocycles. The maximum atomic E-state index is 13.1. The lowest BCUT2D eigenvalue weighted by atomic mass is 10.1. The molecular formula is C21H22ClN3O5S. The number of halogens is 1. The van der Waals surface area contributed by atoms with Crippen LogP contribution in [0.5, 0.6) is 0 Å². The Hall–Kier alpha value is -2.65. The van der Waals surface area contributed by atoms with E-state index in [-0.39, 0.29) is 17.0 Å². The standard InChI is InChI=1S/C21H22ClN3O5S/c1-21(2,3)30-20(27)24-11-14-5-4-13(10-15(14)12-24)19(26)25-9-8-16-17(25)6-7-18(23-16)31(22,28)29/h4-7,10H,8-9,11-12H2,1-3H3. The summed E-state index contributed by atoms with van der Waals surface area (Å²) in [6, 6.07) is 8.24. The molecule has 0 N–H and O–H groups in total. The summed E-state index contributed by atoms with van der Waals surface area (Å²) in [7, 11) is 1.44. The quantitative estimate of drug-likeness (QED) is 0.632. The average Bonchev–Trinajstić information content (AvgIpc) is 3.28. The molecule has 0 aliphatic carbocycles. The molecule has 4 rings (SSSR count). The van der Waals surface area contributed by atoms with Crippen LogP contribution in [-0.2, 0) is 33.3 Å². The Bertz CT molecular complexity index is 1190. The zero-order valence-electron chi connectivity index (χ0n) is 17.4. The van der Waals surface area contributed by atoms with E-state index in [0.29, 0.717) is 43.0 Å². The van der Waals surface area contributed by atoms with Crippen LogP contribution in [0.3, 0.4) is 0 Å². The van der Waals surface area contributed by atoms with E-state index >= 15 is 0 Å². The van der Waals surface area contributed by atoms with Gasteiger partial charge in [-0.3, -0.25) is 9.69 Å². The van der Waals surface area contributed by atoms with Crippen molar-refractivity contribution in [3.8, 4) is 0 Å². The Morgan fingerprint density at radius 2 is 1.81 bits per heavy atom. The summed E-state index contributed by atoms with van der Waals surface area (Å²) >= 11 is 0. The normalized spacial score (nSPS) is 15.6. The fraction of sp³-hybridized carbons (Fsp3) is 0.381. The number of carbonyl (C=O) groups is 2. The molecule has 1 aromatic heterocycles. The summed E-state index contributed by atoms with van der Waals surface area (Å²) in [4.78, 5) is 32.8. The molecule has 0 radical (unpaired) electrons. The number of hydrogen-bond acceptors (Lipinski definition) is 6. The fourth-order valence-corrected chi connectivity index (χ4v) is 4.44. The Morgan fingerprint density at radius 1 is 1.10 bits per heavy atom. The third-order valence-electron chi connectivity index (χ3n) is 5.11. The molecule has 2 aromatic rings. The van der Waals surface area contributed by atoms with Crippen LogP contribution in [0.4, 0.5) is 10.5 Å². The Morgan fingerprint density at radius 3 is 2.48 bits per heavy atom. The highest BCUT2D eigenvalue weighted by molar-refractivity contribution is 8.13. The maximum Gasteiger partial charge on any atom is 0.410 e. The van der Waals surface area contributed by atoms with Crippen molar-refractivity contribution < 1.29 is 22.7 Å². The molecule has 0 fully saturated rings. The second-order valence-corrected chi connectivity index (χ2v) is 11.1. The van der Waals surface area contributed by atoms with Crippen LogP contribution < -0.4 is 4.90 Å². The van der Waals surface area contributed by atoms with E-state index in [2.05, 4.69) is 4.98 Å². The van der Waals surface area contributed by atoms with Crippen LogP contribution in [-0.4, -0.2) is 42.4 Å². The van der Waals surface area contributed by atoms with Gasteiger partial charge in [0.2, 0.25) is 0 Å². The molecular weight excluding hydrogens is 442 g/mol. The molecule has 0 atom stereocenters. The van der Waals surface area contributed by atoms with Crippen LogP contribution >= 0.6 is 10.7 Å². The largest absolute Gasteiger partial charge is 0.444 e. The summed E-state index contributed by atoms with van der Waals surface area (Å²) in [6.45, 7) is 6.66. The number of anilines is 1. The minimum absolute atomic E-state index is 0.208. The fourth-order valence-electron chi connectivity index (χ4n) is 3.73. The van der Waals surface area contributed by atoms with Gasteiger partial charge >= 0.3 is 6.09 Å². The number of hydrogen-bond donors (Lipinski definition) is 0. The third kappa shape index (κ3) is 4.38. The predicted octanol–water partition coefficient (Wildman–Crippen LogP) is 3.46. The van der Waals surface area contributed by atoms with E-state index < -0.39 is 14.7 Å². The molecule has 0 bridgehead atoms. The lowest BCUT2D eigenvalue weighted by molar-refractivity contribution is 0.0241. The number of pyridine rings is 1. The number of fused-ring (bicyclic) bond motifs is 2. The van der Waals surface area contributed by atoms with Crippen molar-refractivity contribution in [2.45, 2.75) is 50.9 Å². The van der Waals surface area contributed by atoms with E-state index in [0.717, 1.165) is 11.1 Å². The van der Waals surface area contributed by atoms with Gasteiger partial charge in [0.05, 0.1) is 11.4 Å². The number of benzene rings is 1. The summed E-state index contributed by atoms with van der Waals surface area (Å²) in [5, 5.41) is -0.220. The lowest BCUT2D eigenvalue weighted by Crippen LogP contribution is -2.33. The first kappa shape index (κ1) is 21.6. The second kappa shape index (κ2) is 7.49.